The molecule has 54 heavy (non-hydrogen) atoms. The largest absolute Gasteiger partial charge is 0.427 e. The van der Waals surface area contributed by atoms with E-state index in [0.717, 1.165) is 36.5 Å². The third-order valence-corrected chi connectivity index (χ3v) is 11.5. The standard InChI is InChI=1S/C41H47F7N4O2/c1-2-21-52(29-12-4-3-5-13-29)36(53)35-19-18-30(27-39(35,42)41(46,47)48)51-25-23-50(24-26-51)22-11-10-20-38(37(54)49-28-40(43,44)45)33-16-8-6-14-31(33)32-15-7-9-17-34(32)38/h2,6-9,14-19,27,29,35H,1,3-5,10-13,20-26,28H2,(H,49,54). The van der Waals surface area contributed by atoms with Crippen molar-refractivity contribution in [3.8, 4) is 11.1 Å². The number of carbonyl (C=O) groups is 2. The van der Waals surface area contributed by atoms with Crippen molar-refractivity contribution in [3.63, 3.8) is 0 Å². The molecule has 3 aliphatic carbocycles. The summed E-state index contributed by atoms with van der Waals surface area (Å²) in [5.74, 6) is -3.63. The van der Waals surface area contributed by atoms with Crippen LogP contribution in [0.3, 0.4) is 0 Å². The van der Waals surface area contributed by atoms with Crippen molar-refractivity contribution in [1.82, 2.24) is 20.0 Å². The summed E-state index contributed by atoms with van der Waals surface area (Å²) in [5, 5.41) is 2.15. The molecular formula is C41H47F7N4O2. The SMILES string of the molecule is C=CCN(C(=O)C1C=CC(N2CCN(CCCCC3(C(=O)NCC(F)(F)F)c4ccccc4-c4ccccc43)CC2)=CC1(F)C(F)(F)F)C1CCCCC1. The molecule has 6 rings (SSSR count). The van der Waals surface area contributed by atoms with Crippen LogP contribution < -0.4 is 5.32 Å². The Hall–Kier alpha value is -4.13. The van der Waals surface area contributed by atoms with Crippen molar-refractivity contribution in [2.45, 2.75) is 80.8 Å². The number of allylic oxidation sites excluding steroid dienone is 2. The van der Waals surface area contributed by atoms with Crippen LogP contribution in [-0.2, 0) is 15.0 Å². The fourth-order valence-electron chi connectivity index (χ4n) is 8.77. The molecule has 1 N–H and O–H groups in total. The Morgan fingerprint density at radius 3 is 2.07 bits per heavy atom. The Bertz CT molecular complexity index is 1700. The van der Waals surface area contributed by atoms with E-state index in [2.05, 4.69) is 16.8 Å². The maximum Gasteiger partial charge on any atom is 0.427 e. The fourth-order valence-corrected chi connectivity index (χ4v) is 8.77. The van der Waals surface area contributed by atoms with Crippen molar-refractivity contribution in [1.29, 1.82) is 0 Å². The first-order valence-corrected chi connectivity index (χ1v) is 18.8. The number of fused-ring (bicyclic) bond motifs is 3. The van der Waals surface area contributed by atoms with Gasteiger partial charge in [0.05, 0.1) is 0 Å². The highest BCUT2D eigenvalue weighted by Crippen LogP contribution is 2.52. The van der Waals surface area contributed by atoms with Gasteiger partial charge in [0.2, 0.25) is 17.5 Å². The Morgan fingerprint density at radius 1 is 0.889 bits per heavy atom. The number of amides is 2. The van der Waals surface area contributed by atoms with Gasteiger partial charge in [0.15, 0.2) is 0 Å². The summed E-state index contributed by atoms with van der Waals surface area (Å²) in [7, 11) is 0. The van der Waals surface area contributed by atoms with Crippen LogP contribution in [0.25, 0.3) is 11.1 Å². The number of carbonyl (C=O) groups excluding carboxylic acids is 2. The summed E-state index contributed by atoms with van der Waals surface area (Å²) < 4.78 is 99.5. The van der Waals surface area contributed by atoms with Gasteiger partial charge in [-0.1, -0.05) is 86.4 Å². The average Bonchev–Trinajstić information content (AvgIpc) is 3.44. The first-order valence-electron chi connectivity index (χ1n) is 18.8. The highest BCUT2D eigenvalue weighted by atomic mass is 19.4. The van der Waals surface area contributed by atoms with Crippen LogP contribution in [0, 0.1) is 5.92 Å². The van der Waals surface area contributed by atoms with Crippen molar-refractivity contribution in [2.75, 3.05) is 45.8 Å². The summed E-state index contributed by atoms with van der Waals surface area (Å²) in [6.07, 6.45) is 0.0739. The van der Waals surface area contributed by atoms with Crippen molar-refractivity contribution in [2.24, 2.45) is 5.92 Å². The predicted octanol–water partition coefficient (Wildman–Crippen LogP) is 8.11. The number of unbranched alkanes of at least 4 members (excludes halogenated alkanes) is 1. The molecule has 0 spiro atoms. The third-order valence-electron chi connectivity index (χ3n) is 11.5. The van der Waals surface area contributed by atoms with Gasteiger partial charge < -0.3 is 15.1 Å². The molecule has 2 fully saturated rings. The first kappa shape index (κ1) is 39.6. The highest BCUT2D eigenvalue weighted by molar-refractivity contribution is 6.00. The van der Waals surface area contributed by atoms with Gasteiger partial charge in [-0.05, 0) is 66.6 Å². The van der Waals surface area contributed by atoms with Crippen LogP contribution in [0.1, 0.15) is 62.5 Å². The lowest BCUT2D eigenvalue weighted by Gasteiger charge is -2.42. The zero-order chi connectivity index (χ0) is 38.7. The van der Waals surface area contributed by atoms with E-state index in [1.807, 2.05) is 24.3 Å². The lowest BCUT2D eigenvalue weighted by atomic mass is 9.73. The lowest BCUT2D eigenvalue weighted by molar-refractivity contribution is -0.226. The van der Waals surface area contributed by atoms with E-state index in [9.17, 15) is 35.9 Å². The predicted molar refractivity (Wildman–Crippen MR) is 193 cm³/mol. The number of alkyl halides is 7. The third kappa shape index (κ3) is 7.83. The normalized spacial score (nSPS) is 23.0. The molecule has 0 bridgehead atoms. The molecule has 1 heterocycles. The number of hydrogen-bond acceptors (Lipinski definition) is 4. The number of rotatable bonds is 12. The molecule has 2 aromatic carbocycles. The van der Waals surface area contributed by atoms with E-state index < -0.39 is 47.7 Å². The Morgan fingerprint density at radius 2 is 1.50 bits per heavy atom. The van der Waals surface area contributed by atoms with Crippen LogP contribution in [0.15, 0.2) is 85.1 Å². The summed E-state index contributed by atoms with van der Waals surface area (Å²) in [6, 6.07) is 14.3. The van der Waals surface area contributed by atoms with E-state index in [1.165, 1.54) is 17.1 Å². The maximum atomic E-state index is 16.3. The van der Waals surface area contributed by atoms with Gasteiger partial charge in [-0.15, -0.1) is 6.58 Å². The van der Waals surface area contributed by atoms with Crippen LogP contribution >= 0.6 is 0 Å². The number of nitrogens with zero attached hydrogens (tertiary/aromatic N) is 3. The monoisotopic (exact) mass is 760 g/mol. The molecule has 2 unspecified atom stereocenters. The first-order chi connectivity index (χ1) is 25.7. The lowest BCUT2D eigenvalue weighted by Crippen LogP contribution is -2.56. The Labute approximate surface area is 311 Å². The van der Waals surface area contributed by atoms with E-state index in [-0.39, 0.29) is 24.7 Å². The topological polar surface area (TPSA) is 55.9 Å². The molecule has 4 aliphatic rings. The molecule has 2 aromatic rings. The molecule has 1 saturated heterocycles. The Kier molecular flexibility index (Phi) is 11.7. The second-order valence-electron chi connectivity index (χ2n) is 14.8. The van der Waals surface area contributed by atoms with E-state index >= 15 is 4.39 Å². The number of halogens is 7. The molecule has 0 aromatic heterocycles. The van der Waals surface area contributed by atoms with Crippen LogP contribution in [-0.4, -0.2) is 96.4 Å². The van der Waals surface area contributed by atoms with Gasteiger partial charge in [0, 0.05) is 44.5 Å². The minimum Gasteiger partial charge on any atom is -0.369 e. The minimum atomic E-state index is -5.32. The summed E-state index contributed by atoms with van der Waals surface area (Å²) in [5.41, 5.74) is -2.13. The van der Waals surface area contributed by atoms with Gasteiger partial charge in [-0.25, -0.2) is 4.39 Å². The maximum absolute atomic E-state index is 16.3. The quantitative estimate of drug-likeness (QED) is 0.135. The second-order valence-corrected chi connectivity index (χ2v) is 14.8. The van der Waals surface area contributed by atoms with Crippen molar-refractivity contribution in [3.05, 3.63) is 96.2 Å². The summed E-state index contributed by atoms with van der Waals surface area (Å²) in [6.45, 7) is 4.50. The van der Waals surface area contributed by atoms with E-state index in [1.54, 1.807) is 29.2 Å². The van der Waals surface area contributed by atoms with Gasteiger partial charge in [0.1, 0.15) is 17.9 Å². The van der Waals surface area contributed by atoms with Crippen LogP contribution in [0.5, 0.6) is 0 Å². The molecule has 13 heteroatoms. The van der Waals surface area contributed by atoms with E-state index in [4.69, 9.17) is 0 Å². The number of nitrogens with one attached hydrogen (secondary N) is 1. The number of benzene rings is 2. The average molecular weight is 761 g/mol. The second kappa shape index (κ2) is 15.9. The van der Waals surface area contributed by atoms with Gasteiger partial charge >= 0.3 is 12.4 Å². The molecule has 2 atom stereocenters. The molecule has 292 valence electrons. The number of piperazine rings is 1. The van der Waals surface area contributed by atoms with Gasteiger partial charge in [-0.3, -0.25) is 14.5 Å². The van der Waals surface area contributed by atoms with Crippen LogP contribution in [0.2, 0.25) is 0 Å². The zero-order valence-corrected chi connectivity index (χ0v) is 30.2. The molecule has 1 aliphatic heterocycles. The van der Waals surface area contributed by atoms with Gasteiger partial charge in [0.25, 0.3) is 0 Å². The smallest absolute Gasteiger partial charge is 0.369 e. The zero-order valence-electron chi connectivity index (χ0n) is 30.2. The molecule has 0 radical (unpaired) electrons. The molecular weight excluding hydrogens is 713 g/mol. The number of hydrogen-bond donors (Lipinski definition) is 1. The molecule has 2 amide bonds. The van der Waals surface area contributed by atoms with E-state index in [0.29, 0.717) is 75.6 Å². The Balaban J connectivity index is 1.09. The van der Waals surface area contributed by atoms with Gasteiger partial charge in [-0.2, -0.15) is 26.3 Å². The summed E-state index contributed by atoms with van der Waals surface area (Å²) >= 11 is 0. The molecule has 1 saturated carbocycles. The fraction of sp³-hybridized carbons (Fsp3) is 0.512. The van der Waals surface area contributed by atoms with Crippen LogP contribution in [0.4, 0.5) is 30.7 Å². The van der Waals surface area contributed by atoms with Crippen molar-refractivity contribution < 1.29 is 40.3 Å². The highest BCUT2D eigenvalue weighted by Gasteiger charge is 2.63. The summed E-state index contributed by atoms with van der Waals surface area (Å²) in [4.78, 5) is 32.6. The minimum absolute atomic E-state index is 0.0487. The molecule has 6 nitrogen and oxygen atoms in total. The van der Waals surface area contributed by atoms with Crippen molar-refractivity contribution >= 4 is 11.8 Å².